The highest BCUT2D eigenvalue weighted by atomic mass is 35.5. The average Bonchev–Trinajstić information content (AvgIpc) is 2.99. The predicted molar refractivity (Wildman–Crippen MR) is 168 cm³/mol. The Balaban J connectivity index is 1.30. The molecule has 1 N–H and O–H groups in total. The van der Waals surface area contributed by atoms with Crippen LogP contribution < -0.4 is 4.72 Å². The van der Waals surface area contributed by atoms with Gasteiger partial charge in [0.15, 0.2) is 0 Å². The summed E-state index contributed by atoms with van der Waals surface area (Å²) in [4.78, 5) is 16.1. The molecule has 0 fully saturated rings. The minimum Gasteiger partial charge on any atom is -0.294 e. The molecular weight excluding hydrogens is 591 g/mol. The monoisotopic (exact) mass is 618 g/mol. The Morgan fingerprint density at radius 3 is 2.26 bits per heavy atom. The molecule has 0 atom stereocenters. The fraction of sp³-hybridized carbons (Fsp3) is 0.121. The summed E-state index contributed by atoms with van der Waals surface area (Å²) in [5.41, 5.74) is 1.54. The van der Waals surface area contributed by atoms with Gasteiger partial charge in [0.2, 0.25) is 0 Å². The van der Waals surface area contributed by atoms with Crippen molar-refractivity contribution in [3.8, 4) is 0 Å². The van der Waals surface area contributed by atoms with Crippen LogP contribution >= 0.6 is 23.4 Å². The van der Waals surface area contributed by atoms with Crippen molar-refractivity contribution in [2.75, 3.05) is 12.3 Å². The number of fused-ring (bicyclic) bond motifs is 1. The molecule has 0 aliphatic rings. The van der Waals surface area contributed by atoms with Gasteiger partial charge in [0.1, 0.15) is 5.82 Å². The fourth-order valence-corrected chi connectivity index (χ4v) is 6.75. The Bertz CT molecular complexity index is 1770. The lowest BCUT2D eigenvalue weighted by atomic mass is 10.0. The topological polar surface area (TPSA) is 66.5 Å². The number of hydrogen-bond acceptors (Lipinski definition) is 5. The van der Waals surface area contributed by atoms with Crippen molar-refractivity contribution in [3.63, 3.8) is 0 Å². The van der Waals surface area contributed by atoms with Crippen molar-refractivity contribution in [1.29, 1.82) is 0 Å². The molecule has 5 rings (SSSR count). The molecule has 5 aromatic rings. The standard InChI is InChI=1S/C33H28ClFN2O3S2/c34-31-14-7-15-32(35)30(31)23-37(20-21-41-26-10-2-1-3-11-26)22-24-16-18-27(19-17-24)42(39,40)36-33(38)29-13-6-9-25-8-4-5-12-28(25)29/h1-19H,20-23H2,(H,36,38). The van der Waals surface area contributed by atoms with Crippen molar-refractivity contribution in [3.05, 3.63) is 143 Å². The van der Waals surface area contributed by atoms with E-state index in [-0.39, 0.29) is 16.3 Å². The first-order chi connectivity index (χ1) is 20.3. The molecule has 0 bridgehead atoms. The number of nitrogens with one attached hydrogen (secondary N) is 1. The maximum atomic E-state index is 14.6. The van der Waals surface area contributed by atoms with E-state index in [1.165, 1.54) is 18.2 Å². The molecule has 214 valence electrons. The van der Waals surface area contributed by atoms with Crippen LogP contribution in [-0.4, -0.2) is 31.5 Å². The molecule has 0 aromatic heterocycles. The minimum absolute atomic E-state index is 0.0248. The maximum Gasteiger partial charge on any atom is 0.265 e. The van der Waals surface area contributed by atoms with Gasteiger partial charge < -0.3 is 0 Å². The summed E-state index contributed by atoms with van der Waals surface area (Å²) in [5.74, 6) is -0.297. The highest BCUT2D eigenvalue weighted by Gasteiger charge is 2.20. The number of thioether (sulfide) groups is 1. The summed E-state index contributed by atoms with van der Waals surface area (Å²) in [7, 11) is -4.11. The van der Waals surface area contributed by atoms with E-state index in [0.717, 1.165) is 21.6 Å². The van der Waals surface area contributed by atoms with Crippen LogP contribution in [0.5, 0.6) is 0 Å². The van der Waals surface area contributed by atoms with E-state index in [0.29, 0.717) is 35.6 Å². The lowest BCUT2D eigenvalue weighted by Gasteiger charge is -2.23. The Morgan fingerprint density at radius 1 is 0.810 bits per heavy atom. The highest BCUT2D eigenvalue weighted by Crippen LogP contribution is 2.24. The molecule has 5 aromatic carbocycles. The number of benzene rings is 5. The summed E-state index contributed by atoms with van der Waals surface area (Å²) >= 11 is 8.02. The lowest BCUT2D eigenvalue weighted by Crippen LogP contribution is -2.30. The van der Waals surface area contributed by atoms with Crippen LogP contribution in [0.15, 0.2) is 125 Å². The van der Waals surface area contributed by atoms with Crippen LogP contribution in [0.25, 0.3) is 10.8 Å². The average molecular weight is 619 g/mol. The van der Waals surface area contributed by atoms with Crippen molar-refractivity contribution in [2.45, 2.75) is 22.9 Å². The second-order valence-corrected chi connectivity index (χ2v) is 12.9. The summed E-state index contributed by atoms with van der Waals surface area (Å²) in [6, 6.07) is 33.5. The Labute approximate surface area is 254 Å². The zero-order valence-electron chi connectivity index (χ0n) is 22.5. The van der Waals surface area contributed by atoms with E-state index in [1.807, 2.05) is 48.5 Å². The zero-order chi connectivity index (χ0) is 29.5. The number of halogens is 2. The molecule has 0 spiro atoms. The molecule has 9 heteroatoms. The molecule has 0 unspecified atom stereocenters. The zero-order valence-corrected chi connectivity index (χ0v) is 24.9. The van der Waals surface area contributed by atoms with Gasteiger partial charge in [0.25, 0.3) is 15.9 Å². The van der Waals surface area contributed by atoms with Gasteiger partial charge in [0, 0.05) is 46.4 Å². The van der Waals surface area contributed by atoms with Crippen LogP contribution in [0.1, 0.15) is 21.5 Å². The van der Waals surface area contributed by atoms with Gasteiger partial charge in [-0.2, -0.15) is 0 Å². The number of nitrogens with zero attached hydrogens (tertiary/aromatic N) is 1. The van der Waals surface area contributed by atoms with Gasteiger partial charge in [-0.05, 0) is 58.8 Å². The number of amides is 1. The van der Waals surface area contributed by atoms with Crippen LogP contribution in [0.3, 0.4) is 0 Å². The third-order valence-electron chi connectivity index (χ3n) is 6.76. The number of sulfonamides is 1. The molecular formula is C33H28ClFN2O3S2. The second kappa shape index (κ2) is 13.5. The highest BCUT2D eigenvalue weighted by molar-refractivity contribution is 7.99. The molecule has 0 radical (unpaired) electrons. The number of carbonyl (C=O) groups excluding carboxylic acids is 1. The second-order valence-electron chi connectivity index (χ2n) is 9.68. The number of rotatable bonds is 11. The molecule has 0 heterocycles. The summed E-state index contributed by atoms with van der Waals surface area (Å²) in [6.45, 7) is 1.38. The lowest BCUT2D eigenvalue weighted by molar-refractivity contribution is 0.0983. The van der Waals surface area contributed by atoms with E-state index < -0.39 is 15.9 Å². The Kier molecular flexibility index (Phi) is 9.59. The SMILES string of the molecule is O=C(NS(=O)(=O)c1ccc(CN(CCSc2ccccc2)Cc2c(F)cccc2Cl)cc1)c1cccc2ccccc12. The van der Waals surface area contributed by atoms with E-state index in [2.05, 4.69) is 9.62 Å². The summed E-state index contributed by atoms with van der Waals surface area (Å²) < 4.78 is 43.0. The quantitative estimate of drug-likeness (QED) is 0.155. The van der Waals surface area contributed by atoms with E-state index in [1.54, 1.807) is 60.3 Å². The van der Waals surface area contributed by atoms with Crippen LogP contribution in [0.2, 0.25) is 5.02 Å². The van der Waals surface area contributed by atoms with E-state index in [9.17, 15) is 17.6 Å². The summed E-state index contributed by atoms with van der Waals surface area (Å²) in [6.07, 6.45) is 0. The first-order valence-electron chi connectivity index (χ1n) is 13.3. The van der Waals surface area contributed by atoms with Gasteiger partial charge in [-0.3, -0.25) is 9.69 Å². The predicted octanol–water partition coefficient (Wildman–Crippen LogP) is 7.55. The maximum absolute atomic E-state index is 14.6. The Hall–Kier alpha value is -3.69. The molecule has 0 aliphatic heterocycles. The molecule has 0 saturated carbocycles. The normalized spacial score (nSPS) is 11.6. The van der Waals surface area contributed by atoms with Gasteiger partial charge in [-0.1, -0.05) is 84.4 Å². The van der Waals surface area contributed by atoms with Crippen molar-refractivity contribution in [1.82, 2.24) is 9.62 Å². The van der Waals surface area contributed by atoms with Gasteiger partial charge >= 0.3 is 0 Å². The summed E-state index contributed by atoms with van der Waals surface area (Å²) in [5, 5.41) is 1.87. The van der Waals surface area contributed by atoms with Crippen LogP contribution in [0, 0.1) is 5.82 Å². The Morgan fingerprint density at radius 2 is 1.50 bits per heavy atom. The largest absolute Gasteiger partial charge is 0.294 e. The first-order valence-corrected chi connectivity index (χ1v) is 16.1. The fourth-order valence-electron chi connectivity index (χ4n) is 4.62. The van der Waals surface area contributed by atoms with Crippen molar-refractivity contribution >= 4 is 50.1 Å². The smallest absolute Gasteiger partial charge is 0.265 e. The molecule has 5 nitrogen and oxygen atoms in total. The van der Waals surface area contributed by atoms with Gasteiger partial charge in [-0.25, -0.2) is 17.5 Å². The van der Waals surface area contributed by atoms with Crippen LogP contribution in [0.4, 0.5) is 4.39 Å². The van der Waals surface area contributed by atoms with Crippen molar-refractivity contribution < 1.29 is 17.6 Å². The minimum atomic E-state index is -4.11. The molecule has 1 amide bonds. The van der Waals surface area contributed by atoms with E-state index in [4.69, 9.17) is 11.6 Å². The molecule has 0 saturated heterocycles. The number of hydrogen-bond donors (Lipinski definition) is 1. The van der Waals surface area contributed by atoms with Gasteiger partial charge in [-0.15, -0.1) is 11.8 Å². The third-order valence-corrected chi connectivity index (χ3v) is 9.46. The van der Waals surface area contributed by atoms with Crippen LogP contribution in [-0.2, 0) is 23.1 Å². The van der Waals surface area contributed by atoms with E-state index >= 15 is 0 Å². The first kappa shape index (κ1) is 29.8. The van der Waals surface area contributed by atoms with Crippen molar-refractivity contribution in [2.24, 2.45) is 0 Å². The van der Waals surface area contributed by atoms with Gasteiger partial charge in [0.05, 0.1) is 4.90 Å². The third kappa shape index (κ3) is 7.38. The number of carbonyl (C=O) groups is 1. The molecule has 42 heavy (non-hydrogen) atoms. The molecule has 0 aliphatic carbocycles.